The molecule has 1 atom stereocenters. The van der Waals surface area contributed by atoms with Crippen molar-refractivity contribution >= 4 is 31.0 Å². The van der Waals surface area contributed by atoms with Gasteiger partial charge in [0.2, 0.25) is 0 Å². The number of thiol groups is 1. The first kappa shape index (κ1) is 18.4. The quantitative estimate of drug-likeness (QED) is 0.384. The van der Waals surface area contributed by atoms with Crippen molar-refractivity contribution in [2.75, 3.05) is 12.4 Å². The first-order valence-corrected chi connectivity index (χ1v) is 6.38. The fraction of sp³-hybridized carbons (Fsp3) is 0.909. The molecule has 0 saturated carbocycles. The molecule has 0 aromatic carbocycles. The van der Waals surface area contributed by atoms with E-state index in [1.54, 1.807) is 0 Å². The molecule has 98 valence electrons. The van der Waals surface area contributed by atoms with Gasteiger partial charge in [0.25, 0.3) is 0 Å². The van der Waals surface area contributed by atoms with E-state index in [9.17, 15) is 4.79 Å². The second-order valence-corrected chi connectivity index (χ2v) is 4.09. The van der Waals surface area contributed by atoms with Gasteiger partial charge >= 0.3 is 5.97 Å². The Morgan fingerprint density at radius 1 is 1.25 bits per heavy atom. The van der Waals surface area contributed by atoms with E-state index < -0.39 is 6.04 Å². The fourth-order valence-electron chi connectivity index (χ4n) is 1.24. The highest BCUT2D eigenvalue weighted by Gasteiger charge is 2.11. The van der Waals surface area contributed by atoms with Crippen LogP contribution in [0.15, 0.2) is 0 Å². The van der Waals surface area contributed by atoms with Gasteiger partial charge < -0.3 is 10.5 Å². The van der Waals surface area contributed by atoms with Gasteiger partial charge in [-0.15, -0.1) is 12.4 Å². The zero-order valence-corrected chi connectivity index (χ0v) is 11.7. The maximum Gasteiger partial charge on any atom is 0.323 e. The van der Waals surface area contributed by atoms with Crippen molar-refractivity contribution < 1.29 is 9.53 Å². The van der Waals surface area contributed by atoms with Crippen LogP contribution in [-0.2, 0) is 9.53 Å². The molecule has 0 aromatic rings. The minimum atomic E-state index is -0.576. The van der Waals surface area contributed by atoms with E-state index in [0.717, 1.165) is 12.8 Å². The summed E-state index contributed by atoms with van der Waals surface area (Å²) in [6, 6.07) is -0.576. The lowest BCUT2D eigenvalue weighted by Gasteiger charge is -2.08. The Balaban J connectivity index is 0. The Kier molecular flexibility index (Phi) is 15.1. The summed E-state index contributed by atoms with van der Waals surface area (Å²) in [7, 11) is 0. The number of esters is 1. The van der Waals surface area contributed by atoms with E-state index in [2.05, 4.69) is 19.6 Å². The van der Waals surface area contributed by atoms with E-state index >= 15 is 0 Å². The minimum absolute atomic E-state index is 0. The highest BCUT2D eigenvalue weighted by Crippen LogP contribution is 2.05. The molecule has 5 heteroatoms. The van der Waals surface area contributed by atoms with Crippen LogP contribution in [-0.4, -0.2) is 24.4 Å². The van der Waals surface area contributed by atoms with Gasteiger partial charge in [-0.05, 0) is 6.42 Å². The number of halogens is 1. The largest absolute Gasteiger partial charge is 0.465 e. The number of nitrogens with two attached hydrogens (primary N) is 1. The Morgan fingerprint density at radius 3 is 2.38 bits per heavy atom. The van der Waals surface area contributed by atoms with Gasteiger partial charge in [0, 0.05) is 5.75 Å². The summed E-state index contributed by atoms with van der Waals surface area (Å²) >= 11 is 3.93. The highest BCUT2D eigenvalue weighted by atomic mass is 35.5. The van der Waals surface area contributed by atoms with Crippen LogP contribution in [0.4, 0.5) is 0 Å². The van der Waals surface area contributed by atoms with E-state index in [0.29, 0.717) is 12.4 Å². The number of hydrogen-bond acceptors (Lipinski definition) is 4. The van der Waals surface area contributed by atoms with Gasteiger partial charge in [-0.25, -0.2) is 0 Å². The second-order valence-electron chi connectivity index (χ2n) is 3.72. The van der Waals surface area contributed by atoms with Gasteiger partial charge in [-0.1, -0.05) is 39.0 Å². The molecule has 2 N–H and O–H groups in total. The van der Waals surface area contributed by atoms with Crippen molar-refractivity contribution in [3.63, 3.8) is 0 Å². The average molecular weight is 270 g/mol. The standard InChI is InChI=1S/C11H23NO2S.ClH/c1-2-3-4-5-6-7-8-14-11(13)10(12)9-15;/h10,15H,2-9,12H2,1H3;1H/t10-;/m0./s1. The molecule has 0 aromatic heterocycles. The maximum absolute atomic E-state index is 11.1. The highest BCUT2D eigenvalue weighted by molar-refractivity contribution is 7.80. The zero-order valence-electron chi connectivity index (χ0n) is 9.98. The lowest BCUT2D eigenvalue weighted by Crippen LogP contribution is -2.34. The summed E-state index contributed by atoms with van der Waals surface area (Å²) in [5.74, 6) is 0.00792. The van der Waals surface area contributed by atoms with Crippen molar-refractivity contribution in [2.24, 2.45) is 5.73 Å². The molecular weight excluding hydrogens is 246 g/mol. The van der Waals surface area contributed by atoms with Crippen LogP contribution in [0.3, 0.4) is 0 Å². The summed E-state index contributed by atoms with van der Waals surface area (Å²) in [5, 5.41) is 0. The smallest absolute Gasteiger partial charge is 0.323 e. The first-order valence-electron chi connectivity index (χ1n) is 5.75. The molecule has 0 aliphatic carbocycles. The third-order valence-electron chi connectivity index (χ3n) is 2.24. The molecule has 0 amide bonds. The SMILES string of the molecule is CCCCCCCCOC(=O)[C@@H](N)CS.Cl. The van der Waals surface area contributed by atoms with Crippen molar-refractivity contribution in [1.82, 2.24) is 0 Å². The average Bonchev–Trinajstić information content (AvgIpc) is 2.26. The molecule has 0 fully saturated rings. The van der Waals surface area contributed by atoms with Gasteiger partial charge in [0.05, 0.1) is 6.61 Å². The molecule has 0 radical (unpaired) electrons. The monoisotopic (exact) mass is 269 g/mol. The van der Waals surface area contributed by atoms with Gasteiger partial charge in [0.15, 0.2) is 0 Å². The van der Waals surface area contributed by atoms with Gasteiger partial charge in [-0.2, -0.15) is 12.6 Å². The summed E-state index contributed by atoms with van der Waals surface area (Å²) in [5.41, 5.74) is 5.45. The summed E-state index contributed by atoms with van der Waals surface area (Å²) in [4.78, 5) is 11.1. The van der Waals surface area contributed by atoms with Crippen LogP contribution < -0.4 is 5.73 Å². The number of unbranched alkanes of at least 4 members (excludes halogenated alkanes) is 5. The van der Waals surface area contributed by atoms with E-state index in [4.69, 9.17) is 10.5 Å². The lowest BCUT2D eigenvalue weighted by atomic mass is 10.1. The Bertz CT molecular complexity index is 170. The first-order chi connectivity index (χ1) is 7.22. The van der Waals surface area contributed by atoms with Crippen molar-refractivity contribution in [3.05, 3.63) is 0 Å². The van der Waals surface area contributed by atoms with E-state index in [1.165, 1.54) is 25.7 Å². The van der Waals surface area contributed by atoms with Gasteiger partial charge in [-0.3, -0.25) is 4.79 Å². The molecule has 0 unspecified atom stereocenters. The lowest BCUT2D eigenvalue weighted by molar-refractivity contribution is -0.144. The molecule has 3 nitrogen and oxygen atoms in total. The van der Waals surface area contributed by atoms with Crippen LogP contribution in [0.2, 0.25) is 0 Å². The predicted molar refractivity (Wildman–Crippen MR) is 73.4 cm³/mol. The van der Waals surface area contributed by atoms with Crippen molar-refractivity contribution in [2.45, 2.75) is 51.5 Å². The van der Waals surface area contributed by atoms with Crippen molar-refractivity contribution in [3.8, 4) is 0 Å². The molecular formula is C11H24ClNO2S. The molecule has 0 aliphatic heterocycles. The fourth-order valence-corrected chi connectivity index (χ4v) is 1.39. The Morgan fingerprint density at radius 2 is 1.81 bits per heavy atom. The number of rotatable bonds is 9. The third kappa shape index (κ3) is 10.6. The second kappa shape index (κ2) is 13.1. The van der Waals surface area contributed by atoms with Crippen LogP contribution in [0, 0.1) is 0 Å². The molecule has 0 saturated heterocycles. The van der Waals surface area contributed by atoms with Crippen LogP contribution in [0.1, 0.15) is 45.4 Å². The van der Waals surface area contributed by atoms with Crippen molar-refractivity contribution in [1.29, 1.82) is 0 Å². The number of ether oxygens (including phenoxy) is 1. The molecule has 0 bridgehead atoms. The minimum Gasteiger partial charge on any atom is -0.465 e. The molecule has 0 aliphatic rings. The van der Waals surface area contributed by atoms with E-state index in [-0.39, 0.29) is 18.4 Å². The molecule has 0 rings (SSSR count). The van der Waals surface area contributed by atoms with Crippen LogP contribution >= 0.6 is 25.0 Å². The zero-order chi connectivity index (χ0) is 11.5. The third-order valence-corrected chi connectivity index (χ3v) is 2.64. The number of carbonyl (C=O) groups excluding carboxylic acids is 1. The summed E-state index contributed by atoms with van der Waals surface area (Å²) in [6.07, 6.45) is 7.12. The van der Waals surface area contributed by atoms with Crippen LogP contribution in [0.25, 0.3) is 0 Å². The number of carbonyl (C=O) groups is 1. The summed E-state index contributed by atoms with van der Waals surface area (Å²) in [6.45, 7) is 2.69. The van der Waals surface area contributed by atoms with Crippen LogP contribution in [0.5, 0.6) is 0 Å². The molecule has 16 heavy (non-hydrogen) atoms. The maximum atomic E-state index is 11.1. The Labute approximate surface area is 110 Å². The normalized spacial score (nSPS) is 11.7. The topological polar surface area (TPSA) is 52.3 Å². The van der Waals surface area contributed by atoms with Gasteiger partial charge in [0.1, 0.15) is 6.04 Å². The Hall–Kier alpha value is 0.0700. The number of hydrogen-bond donors (Lipinski definition) is 2. The molecule has 0 heterocycles. The predicted octanol–water partition coefficient (Wildman–Crippen LogP) is 2.57. The van der Waals surface area contributed by atoms with E-state index in [1.807, 2.05) is 0 Å². The summed E-state index contributed by atoms with van der Waals surface area (Å²) < 4.78 is 4.99. The molecule has 0 spiro atoms.